The van der Waals surface area contributed by atoms with Crippen LogP contribution < -0.4 is 11.1 Å². The van der Waals surface area contributed by atoms with Gasteiger partial charge in [0.2, 0.25) is 11.8 Å². The molecule has 9 nitrogen and oxygen atoms in total. The number of hydrogen-bond donors (Lipinski definition) is 5. The SMILES string of the molecule is CCCCCN(CC(=O)O)C(=O)C(CS)NC(=O)CCC(N)C(=O)O. The molecule has 5 N–H and O–H groups in total. The van der Waals surface area contributed by atoms with Crippen LogP contribution in [0.3, 0.4) is 0 Å². The number of nitrogens with two attached hydrogens (primary N) is 1. The van der Waals surface area contributed by atoms with E-state index >= 15 is 0 Å². The molecular weight excluding hydrogens is 350 g/mol. The first-order valence-corrected chi connectivity index (χ1v) is 8.75. The van der Waals surface area contributed by atoms with Crippen LogP contribution in [-0.4, -0.2) is 69.8 Å². The summed E-state index contributed by atoms with van der Waals surface area (Å²) in [5.74, 6) is -3.41. The van der Waals surface area contributed by atoms with Crippen molar-refractivity contribution in [2.45, 2.75) is 51.1 Å². The lowest BCUT2D eigenvalue weighted by Crippen LogP contribution is -2.51. The molecule has 2 atom stereocenters. The molecule has 0 saturated carbocycles. The van der Waals surface area contributed by atoms with Crippen molar-refractivity contribution in [2.75, 3.05) is 18.8 Å². The van der Waals surface area contributed by atoms with Crippen molar-refractivity contribution in [3.63, 3.8) is 0 Å². The fourth-order valence-corrected chi connectivity index (χ4v) is 2.31. The van der Waals surface area contributed by atoms with E-state index < -0.39 is 42.4 Å². The Balaban J connectivity index is 4.72. The molecule has 0 bridgehead atoms. The van der Waals surface area contributed by atoms with Crippen molar-refractivity contribution in [3.05, 3.63) is 0 Å². The summed E-state index contributed by atoms with van der Waals surface area (Å²) in [5.41, 5.74) is 5.32. The van der Waals surface area contributed by atoms with Gasteiger partial charge in [-0.1, -0.05) is 19.8 Å². The standard InChI is InChI=1S/C15H27N3O6S/c1-2-3-4-7-18(8-13(20)21)14(22)11(9-25)17-12(19)6-5-10(16)15(23)24/h10-11,25H,2-9,16H2,1H3,(H,17,19)(H,20,21)(H,23,24). The molecule has 0 aromatic carbocycles. The molecule has 0 aliphatic carbocycles. The zero-order chi connectivity index (χ0) is 19.4. The lowest BCUT2D eigenvalue weighted by molar-refractivity contribution is -0.145. The Hall–Kier alpha value is -1.81. The number of unbranched alkanes of at least 4 members (excludes halogenated alkanes) is 2. The molecule has 144 valence electrons. The summed E-state index contributed by atoms with van der Waals surface area (Å²) in [6, 6.07) is -2.13. The number of amides is 2. The minimum absolute atomic E-state index is 0.000541. The van der Waals surface area contributed by atoms with E-state index in [9.17, 15) is 19.2 Å². The number of nitrogens with zero attached hydrogens (tertiary/aromatic N) is 1. The largest absolute Gasteiger partial charge is 0.480 e. The Labute approximate surface area is 152 Å². The second-order valence-electron chi connectivity index (χ2n) is 5.65. The third-order valence-corrected chi connectivity index (χ3v) is 3.85. The summed E-state index contributed by atoms with van der Waals surface area (Å²) in [6.45, 7) is 1.82. The Bertz CT molecular complexity index is 474. The zero-order valence-corrected chi connectivity index (χ0v) is 15.2. The number of carbonyl (C=O) groups excluding carboxylic acids is 2. The number of thiol groups is 1. The molecule has 0 spiro atoms. The maximum absolute atomic E-state index is 12.5. The predicted octanol–water partition coefficient (Wildman–Crippen LogP) is -0.303. The van der Waals surface area contributed by atoms with Crippen LogP contribution >= 0.6 is 12.6 Å². The monoisotopic (exact) mass is 377 g/mol. The number of carbonyl (C=O) groups is 4. The van der Waals surface area contributed by atoms with Crippen LogP contribution in [0, 0.1) is 0 Å². The molecule has 0 aliphatic rings. The zero-order valence-electron chi connectivity index (χ0n) is 14.3. The molecule has 0 aromatic heterocycles. The quantitative estimate of drug-likeness (QED) is 0.218. The third-order valence-electron chi connectivity index (χ3n) is 3.48. The number of carboxylic acid groups (broad SMARTS) is 2. The van der Waals surface area contributed by atoms with E-state index in [4.69, 9.17) is 15.9 Å². The minimum Gasteiger partial charge on any atom is -0.480 e. The van der Waals surface area contributed by atoms with E-state index in [-0.39, 0.29) is 25.1 Å². The van der Waals surface area contributed by atoms with E-state index in [1.165, 1.54) is 4.90 Å². The van der Waals surface area contributed by atoms with E-state index in [1.54, 1.807) is 0 Å². The summed E-state index contributed by atoms with van der Waals surface area (Å²) in [6.07, 6.45) is 2.22. The average Bonchev–Trinajstić information content (AvgIpc) is 2.55. The van der Waals surface area contributed by atoms with Crippen molar-refractivity contribution >= 4 is 36.4 Å². The lowest BCUT2D eigenvalue weighted by atomic mass is 10.1. The Morgan fingerprint density at radius 2 is 1.84 bits per heavy atom. The molecule has 25 heavy (non-hydrogen) atoms. The van der Waals surface area contributed by atoms with Gasteiger partial charge in [0.1, 0.15) is 18.6 Å². The normalized spacial score (nSPS) is 12.9. The molecule has 0 aromatic rings. The second-order valence-corrected chi connectivity index (χ2v) is 6.01. The summed E-state index contributed by atoms with van der Waals surface area (Å²) in [7, 11) is 0. The minimum atomic E-state index is -1.21. The fraction of sp³-hybridized carbons (Fsp3) is 0.733. The van der Waals surface area contributed by atoms with Gasteiger partial charge in [-0.25, -0.2) is 0 Å². The van der Waals surface area contributed by atoms with E-state index in [0.717, 1.165) is 12.8 Å². The Morgan fingerprint density at radius 3 is 2.32 bits per heavy atom. The lowest BCUT2D eigenvalue weighted by Gasteiger charge is -2.26. The Morgan fingerprint density at radius 1 is 1.20 bits per heavy atom. The molecule has 0 fully saturated rings. The van der Waals surface area contributed by atoms with Crippen molar-refractivity contribution in [2.24, 2.45) is 5.73 Å². The second kappa shape index (κ2) is 12.5. The van der Waals surface area contributed by atoms with Crippen LogP contribution in [0.2, 0.25) is 0 Å². The number of rotatable bonds is 13. The van der Waals surface area contributed by atoms with Gasteiger partial charge in [-0.15, -0.1) is 0 Å². The maximum atomic E-state index is 12.5. The van der Waals surface area contributed by atoms with Crippen molar-refractivity contribution in [1.82, 2.24) is 10.2 Å². The summed E-state index contributed by atoms with van der Waals surface area (Å²) in [5, 5.41) is 20.1. The van der Waals surface area contributed by atoms with Crippen LogP contribution in [0.15, 0.2) is 0 Å². The topological polar surface area (TPSA) is 150 Å². The molecule has 10 heteroatoms. The molecule has 0 rings (SSSR count). The third kappa shape index (κ3) is 9.92. The molecule has 0 aliphatic heterocycles. The number of carboxylic acids is 2. The molecule has 0 saturated heterocycles. The van der Waals surface area contributed by atoms with Gasteiger partial charge in [0.25, 0.3) is 0 Å². The van der Waals surface area contributed by atoms with Crippen LogP contribution in [0.1, 0.15) is 39.0 Å². The average molecular weight is 377 g/mol. The highest BCUT2D eigenvalue weighted by atomic mass is 32.1. The highest BCUT2D eigenvalue weighted by molar-refractivity contribution is 7.80. The van der Waals surface area contributed by atoms with Gasteiger partial charge in [-0.05, 0) is 12.8 Å². The van der Waals surface area contributed by atoms with E-state index in [2.05, 4.69) is 17.9 Å². The van der Waals surface area contributed by atoms with Gasteiger partial charge in [-0.3, -0.25) is 19.2 Å². The van der Waals surface area contributed by atoms with Crippen LogP contribution in [0.25, 0.3) is 0 Å². The van der Waals surface area contributed by atoms with E-state index in [0.29, 0.717) is 6.42 Å². The first-order chi connectivity index (χ1) is 11.7. The fourth-order valence-electron chi connectivity index (χ4n) is 2.07. The van der Waals surface area contributed by atoms with Gasteiger partial charge < -0.3 is 26.2 Å². The number of nitrogens with one attached hydrogen (secondary N) is 1. The Kier molecular flexibility index (Phi) is 11.6. The predicted molar refractivity (Wildman–Crippen MR) is 94.4 cm³/mol. The summed E-state index contributed by atoms with van der Waals surface area (Å²) in [4.78, 5) is 47.1. The molecule has 0 heterocycles. The van der Waals surface area contributed by atoms with Gasteiger partial charge in [0.05, 0.1) is 0 Å². The maximum Gasteiger partial charge on any atom is 0.323 e. The van der Waals surface area contributed by atoms with Gasteiger partial charge in [0.15, 0.2) is 0 Å². The van der Waals surface area contributed by atoms with E-state index in [1.807, 2.05) is 6.92 Å². The number of hydrogen-bond acceptors (Lipinski definition) is 6. The first-order valence-electron chi connectivity index (χ1n) is 8.12. The van der Waals surface area contributed by atoms with Gasteiger partial charge in [-0.2, -0.15) is 12.6 Å². The number of aliphatic carboxylic acids is 2. The van der Waals surface area contributed by atoms with Crippen molar-refractivity contribution < 1.29 is 29.4 Å². The smallest absolute Gasteiger partial charge is 0.323 e. The summed E-state index contributed by atoms with van der Waals surface area (Å²) >= 11 is 4.04. The van der Waals surface area contributed by atoms with Crippen molar-refractivity contribution in [1.29, 1.82) is 0 Å². The highest BCUT2D eigenvalue weighted by Crippen LogP contribution is 2.04. The van der Waals surface area contributed by atoms with Crippen LogP contribution in [0.4, 0.5) is 0 Å². The molecule has 2 unspecified atom stereocenters. The van der Waals surface area contributed by atoms with Crippen LogP contribution in [0.5, 0.6) is 0 Å². The first kappa shape index (κ1) is 23.2. The molecular formula is C15H27N3O6S. The highest BCUT2D eigenvalue weighted by Gasteiger charge is 2.26. The summed E-state index contributed by atoms with van der Waals surface area (Å²) < 4.78 is 0. The van der Waals surface area contributed by atoms with Gasteiger partial charge in [0, 0.05) is 18.7 Å². The van der Waals surface area contributed by atoms with Crippen LogP contribution in [-0.2, 0) is 19.2 Å². The molecule has 2 amide bonds. The molecule has 0 radical (unpaired) electrons. The van der Waals surface area contributed by atoms with Crippen molar-refractivity contribution in [3.8, 4) is 0 Å². The van der Waals surface area contributed by atoms with Gasteiger partial charge >= 0.3 is 11.9 Å².